The molecule has 0 unspecified atom stereocenters. The maximum absolute atomic E-state index is 12.6. The molecule has 2 N–H and O–H groups in total. The van der Waals surface area contributed by atoms with E-state index in [1.54, 1.807) is 0 Å². The standard InChI is InChI=1S/C12H16ClF3N2O3S.ClH/c1-21-7-6-17-4-5-18-22(19,20)11-8-9(12(14,15)16)2-3-10(11)13;/h2-3,8,17-18H,4-7H2,1H3;1H. The van der Waals surface area contributed by atoms with Crippen LogP contribution in [0.2, 0.25) is 5.02 Å². The van der Waals surface area contributed by atoms with E-state index >= 15 is 0 Å². The van der Waals surface area contributed by atoms with E-state index in [-0.39, 0.29) is 24.0 Å². The zero-order chi connectivity index (χ0) is 16.8. The van der Waals surface area contributed by atoms with Crippen LogP contribution in [0.4, 0.5) is 13.2 Å². The highest BCUT2D eigenvalue weighted by molar-refractivity contribution is 7.89. The fourth-order valence-corrected chi connectivity index (χ4v) is 3.09. The van der Waals surface area contributed by atoms with Crippen molar-refractivity contribution in [3.05, 3.63) is 28.8 Å². The summed E-state index contributed by atoms with van der Waals surface area (Å²) < 4.78 is 68.9. The first-order valence-corrected chi connectivity index (χ1v) is 8.10. The third-order valence-corrected chi connectivity index (χ3v) is 4.57. The normalized spacial score (nSPS) is 12.0. The van der Waals surface area contributed by atoms with Crippen LogP contribution in [0.1, 0.15) is 5.56 Å². The summed E-state index contributed by atoms with van der Waals surface area (Å²) in [7, 11) is -2.59. The number of sulfonamides is 1. The van der Waals surface area contributed by atoms with E-state index in [1.807, 2.05) is 0 Å². The Kier molecular flexibility index (Phi) is 9.41. The largest absolute Gasteiger partial charge is 0.416 e. The van der Waals surface area contributed by atoms with E-state index in [0.717, 1.165) is 12.1 Å². The molecule has 11 heteroatoms. The summed E-state index contributed by atoms with van der Waals surface area (Å²) >= 11 is 5.69. The average Bonchev–Trinajstić information content (AvgIpc) is 2.41. The van der Waals surface area contributed by atoms with Gasteiger partial charge in [-0.3, -0.25) is 0 Å². The van der Waals surface area contributed by atoms with Gasteiger partial charge >= 0.3 is 6.18 Å². The summed E-state index contributed by atoms with van der Waals surface area (Å²) in [5.74, 6) is 0. The minimum atomic E-state index is -4.64. The Morgan fingerprint density at radius 2 is 1.87 bits per heavy atom. The average molecular weight is 397 g/mol. The minimum absolute atomic E-state index is 0. The Morgan fingerprint density at radius 3 is 2.43 bits per heavy atom. The fourth-order valence-electron chi connectivity index (χ4n) is 1.54. The van der Waals surface area contributed by atoms with Crippen molar-refractivity contribution in [3.8, 4) is 0 Å². The number of ether oxygens (including phenoxy) is 1. The second kappa shape index (κ2) is 9.65. The van der Waals surface area contributed by atoms with Crippen molar-refractivity contribution in [3.63, 3.8) is 0 Å². The number of halogens is 5. The summed E-state index contributed by atoms with van der Waals surface area (Å²) in [6, 6.07) is 2.16. The van der Waals surface area contributed by atoms with Crippen molar-refractivity contribution in [2.75, 3.05) is 33.4 Å². The highest BCUT2D eigenvalue weighted by Gasteiger charge is 2.32. The monoisotopic (exact) mass is 396 g/mol. The quantitative estimate of drug-likeness (QED) is 0.661. The van der Waals surface area contributed by atoms with Gasteiger partial charge in [0.15, 0.2) is 0 Å². The lowest BCUT2D eigenvalue weighted by Crippen LogP contribution is -2.33. The summed E-state index contributed by atoms with van der Waals surface area (Å²) in [6.07, 6.45) is -4.64. The van der Waals surface area contributed by atoms with Gasteiger partial charge in [-0.1, -0.05) is 11.6 Å². The Bertz CT molecular complexity index is 598. The van der Waals surface area contributed by atoms with Gasteiger partial charge in [0.25, 0.3) is 0 Å². The lowest BCUT2D eigenvalue weighted by Gasteiger charge is -2.12. The molecule has 0 aliphatic carbocycles. The zero-order valence-corrected chi connectivity index (χ0v) is 14.5. The lowest BCUT2D eigenvalue weighted by atomic mass is 10.2. The van der Waals surface area contributed by atoms with E-state index < -0.39 is 26.7 Å². The molecule has 0 saturated carbocycles. The molecule has 0 heterocycles. The van der Waals surface area contributed by atoms with E-state index in [4.69, 9.17) is 16.3 Å². The predicted molar refractivity (Wildman–Crippen MR) is 83.6 cm³/mol. The van der Waals surface area contributed by atoms with Crippen LogP contribution < -0.4 is 10.0 Å². The van der Waals surface area contributed by atoms with Gasteiger partial charge in [-0.05, 0) is 18.2 Å². The smallest absolute Gasteiger partial charge is 0.383 e. The van der Waals surface area contributed by atoms with Gasteiger partial charge < -0.3 is 10.1 Å². The van der Waals surface area contributed by atoms with Crippen LogP contribution in [0.5, 0.6) is 0 Å². The Balaban J connectivity index is 0.00000484. The summed E-state index contributed by atoms with van der Waals surface area (Å²) in [5.41, 5.74) is -1.07. The third-order valence-electron chi connectivity index (χ3n) is 2.62. The van der Waals surface area contributed by atoms with Gasteiger partial charge in [0.1, 0.15) is 4.90 Å². The molecule has 0 aliphatic rings. The van der Waals surface area contributed by atoms with Crippen LogP contribution in [0.25, 0.3) is 0 Å². The van der Waals surface area contributed by atoms with E-state index in [9.17, 15) is 21.6 Å². The fraction of sp³-hybridized carbons (Fsp3) is 0.500. The molecular weight excluding hydrogens is 380 g/mol. The Hall–Kier alpha value is -0.580. The molecule has 0 aromatic heterocycles. The van der Waals surface area contributed by atoms with Gasteiger partial charge in [0.2, 0.25) is 10.0 Å². The molecule has 1 aromatic rings. The molecule has 0 spiro atoms. The molecule has 23 heavy (non-hydrogen) atoms. The molecule has 0 aliphatic heterocycles. The van der Waals surface area contributed by atoms with E-state index in [1.165, 1.54) is 7.11 Å². The molecule has 1 aromatic carbocycles. The second-order valence-electron chi connectivity index (χ2n) is 4.28. The van der Waals surface area contributed by atoms with Crippen LogP contribution >= 0.6 is 24.0 Å². The zero-order valence-electron chi connectivity index (χ0n) is 12.1. The summed E-state index contributed by atoms with van der Waals surface area (Å²) in [6.45, 7) is 1.31. The number of alkyl halides is 3. The number of hydrogen-bond acceptors (Lipinski definition) is 4. The van der Waals surface area contributed by atoms with Gasteiger partial charge in [-0.2, -0.15) is 13.2 Å². The molecule has 134 valence electrons. The number of rotatable bonds is 8. The molecule has 0 radical (unpaired) electrons. The van der Waals surface area contributed by atoms with Crippen LogP contribution in [0, 0.1) is 0 Å². The van der Waals surface area contributed by atoms with Crippen molar-refractivity contribution >= 4 is 34.0 Å². The number of hydrogen-bond donors (Lipinski definition) is 2. The second-order valence-corrected chi connectivity index (χ2v) is 6.43. The SMILES string of the molecule is COCCNCCNS(=O)(=O)c1cc(C(F)(F)F)ccc1Cl.Cl. The number of methoxy groups -OCH3 is 1. The van der Waals surface area contributed by atoms with Gasteiger partial charge in [-0.15, -0.1) is 12.4 Å². The van der Waals surface area contributed by atoms with E-state index in [0.29, 0.717) is 25.8 Å². The van der Waals surface area contributed by atoms with E-state index in [2.05, 4.69) is 10.0 Å². The number of benzene rings is 1. The Labute approximate surface area is 144 Å². The van der Waals surface area contributed by atoms with Crippen molar-refractivity contribution in [2.45, 2.75) is 11.1 Å². The maximum Gasteiger partial charge on any atom is 0.416 e. The molecule has 0 saturated heterocycles. The molecule has 0 bridgehead atoms. The highest BCUT2D eigenvalue weighted by atomic mass is 35.5. The van der Waals surface area contributed by atoms with Crippen LogP contribution in [-0.4, -0.2) is 41.8 Å². The van der Waals surface area contributed by atoms with Crippen molar-refractivity contribution in [1.29, 1.82) is 0 Å². The van der Waals surface area contributed by atoms with Crippen LogP contribution in [0.15, 0.2) is 23.1 Å². The van der Waals surface area contributed by atoms with Crippen LogP contribution in [-0.2, 0) is 20.9 Å². The van der Waals surface area contributed by atoms with Crippen molar-refractivity contribution in [1.82, 2.24) is 10.0 Å². The summed E-state index contributed by atoms with van der Waals surface area (Å²) in [5, 5.41) is 2.63. The van der Waals surface area contributed by atoms with Crippen molar-refractivity contribution < 1.29 is 26.3 Å². The molecule has 1 rings (SSSR count). The molecule has 5 nitrogen and oxygen atoms in total. The van der Waals surface area contributed by atoms with Crippen LogP contribution in [0.3, 0.4) is 0 Å². The highest BCUT2D eigenvalue weighted by Crippen LogP contribution is 2.33. The molecule has 0 fully saturated rings. The molecule has 0 amide bonds. The first kappa shape index (κ1) is 22.4. The van der Waals surface area contributed by atoms with Crippen molar-refractivity contribution in [2.24, 2.45) is 0 Å². The summed E-state index contributed by atoms with van der Waals surface area (Å²) in [4.78, 5) is -0.596. The molecular formula is C12H17Cl2F3N2O3S. The Morgan fingerprint density at radius 1 is 1.22 bits per heavy atom. The maximum atomic E-state index is 12.6. The van der Waals surface area contributed by atoms with Gasteiger partial charge in [-0.25, -0.2) is 13.1 Å². The first-order chi connectivity index (χ1) is 10.2. The third kappa shape index (κ3) is 7.23. The topological polar surface area (TPSA) is 67.4 Å². The number of nitrogens with one attached hydrogen (secondary N) is 2. The predicted octanol–water partition coefficient (Wildman–Crippen LogP) is 2.29. The first-order valence-electron chi connectivity index (χ1n) is 6.24. The lowest BCUT2D eigenvalue weighted by molar-refractivity contribution is -0.137. The van der Waals surface area contributed by atoms with Gasteiger partial charge in [0.05, 0.1) is 17.2 Å². The minimum Gasteiger partial charge on any atom is -0.383 e. The van der Waals surface area contributed by atoms with Gasteiger partial charge in [0, 0.05) is 26.7 Å². The molecule has 0 atom stereocenters.